The summed E-state index contributed by atoms with van der Waals surface area (Å²) in [4.78, 5) is 2.42. The third-order valence-electron chi connectivity index (χ3n) is 3.95. The number of piperidine rings is 1. The Balaban J connectivity index is 2.38. The lowest BCUT2D eigenvalue weighted by Crippen LogP contribution is -2.60. The number of halogens is 1. The molecule has 1 aromatic rings. The standard InChI is InChI=1S/C14H21ClN2/c1-10-9-11(15)6-7-12(10)17-8-4-5-13(16)14(17,2)3/h6-7,9,13H,4-5,8,16H2,1-3H3. The molecule has 1 atom stereocenters. The first-order chi connectivity index (χ1) is 7.93. The first kappa shape index (κ1) is 12.7. The number of anilines is 1. The van der Waals surface area contributed by atoms with Gasteiger partial charge in [0.1, 0.15) is 0 Å². The van der Waals surface area contributed by atoms with Crippen LogP contribution in [0.4, 0.5) is 5.69 Å². The average molecular weight is 253 g/mol. The highest BCUT2D eigenvalue weighted by Gasteiger charge is 2.36. The van der Waals surface area contributed by atoms with Crippen molar-refractivity contribution in [3.05, 3.63) is 28.8 Å². The Morgan fingerprint density at radius 2 is 2.12 bits per heavy atom. The molecule has 1 unspecified atom stereocenters. The molecule has 1 aliphatic rings. The second-order valence-electron chi connectivity index (χ2n) is 5.48. The smallest absolute Gasteiger partial charge is 0.0496 e. The Morgan fingerprint density at radius 1 is 1.41 bits per heavy atom. The molecule has 0 saturated carbocycles. The molecule has 1 aromatic carbocycles. The highest BCUT2D eigenvalue weighted by atomic mass is 35.5. The molecule has 2 nitrogen and oxygen atoms in total. The molecule has 1 aliphatic heterocycles. The summed E-state index contributed by atoms with van der Waals surface area (Å²) in [6, 6.07) is 6.32. The molecule has 0 spiro atoms. The second kappa shape index (κ2) is 4.51. The van der Waals surface area contributed by atoms with E-state index in [-0.39, 0.29) is 11.6 Å². The normalized spacial score (nSPS) is 23.8. The van der Waals surface area contributed by atoms with Crippen LogP contribution in [0.15, 0.2) is 18.2 Å². The van der Waals surface area contributed by atoms with E-state index in [2.05, 4.69) is 31.7 Å². The van der Waals surface area contributed by atoms with E-state index >= 15 is 0 Å². The van der Waals surface area contributed by atoms with Gasteiger partial charge in [-0.3, -0.25) is 0 Å². The third-order valence-corrected chi connectivity index (χ3v) is 4.18. The number of rotatable bonds is 1. The van der Waals surface area contributed by atoms with E-state index in [9.17, 15) is 0 Å². The molecule has 2 rings (SSSR count). The number of hydrogen-bond donors (Lipinski definition) is 1. The van der Waals surface area contributed by atoms with Gasteiger partial charge in [-0.05, 0) is 57.4 Å². The van der Waals surface area contributed by atoms with Crippen molar-refractivity contribution >= 4 is 17.3 Å². The average Bonchev–Trinajstić information content (AvgIpc) is 2.23. The molecular weight excluding hydrogens is 232 g/mol. The van der Waals surface area contributed by atoms with Gasteiger partial charge in [0.05, 0.1) is 0 Å². The fourth-order valence-corrected chi connectivity index (χ4v) is 2.89. The van der Waals surface area contributed by atoms with Crippen molar-refractivity contribution in [3.8, 4) is 0 Å². The number of hydrogen-bond acceptors (Lipinski definition) is 2. The van der Waals surface area contributed by atoms with E-state index in [1.165, 1.54) is 11.3 Å². The molecule has 1 heterocycles. The number of benzene rings is 1. The van der Waals surface area contributed by atoms with E-state index in [1.54, 1.807) is 0 Å². The van der Waals surface area contributed by atoms with Crippen molar-refractivity contribution in [3.63, 3.8) is 0 Å². The fraction of sp³-hybridized carbons (Fsp3) is 0.571. The number of nitrogens with zero attached hydrogens (tertiary/aromatic N) is 1. The molecule has 0 bridgehead atoms. The molecule has 0 aliphatic carbocycles. The topological polar surface area (TPSA) is 29.3 Å². The molecule has 3 heteroatoms. The maximum atomic E-state index is 6.25. The molecule has 17 heavy (non-hydrogen) atoms. The van der Waals surface area contributed by atoms with Crippen LogP contribution in [-0.4, -0.2) is 18.1 Å². The van der Waals surface area contributed by atoms with E-state index in [0.717, 1.165) is 24.4 Å². The van der Waals surface area contributed by atoms with Gasteiger partial charge >= 0.3 is 0 Å². The van der Waals surface area contributed by atoms with Gasteiger partial charge in [0, 0.05) is 28.8 Å². The van der Waals surface area contributed by atoms with Crippen LogP contribution >= 0.6 is 11.6 Å². The van der Waals surface area contributed by atoms with Crippen LogP contribution in [0.25, 0.3) is 0 Å². The summed E-state index contributed by atoms with van der Waals surface area (Å²) in [6.07, 6.45) is 2.27. The molecule has 94 valence electrons. The molecule has 1 saturated heterocycles. The van der Waals surface area contributed by atoms with Crippen LogP contribution in [0.3, 0.4) is 0 Å². The Morgan fingerprint density at radius 3 is 2.76 bits per heavy atom. The largest absolute Gasteiger partial charge is 0.365 e. The van der Waals surface area contributed by atoms with Crippen LogP contribution in [0.5, 0.6) is 0 Å². The molecule has 0 aromatic heterocycles. The van der Waals surface area contributed by atoms with Gasteiger partial charge in [0.25, 0.3) is 0 Å². The predicted octanol–water partition coefficient (Wildman–Crippen LogP) is 3.35. The van der Waals surface area contributed by atoms with Gasteiger partial charge < -0.3 is 10.6 Å². The summed E-state index contributed by atoms with van der Waals surface area (Å²) in [7, 11) is 0. The van der Waals surface area contributed by atoms with E-state index in [0.29, 0.717) is 0 Å². The van der Waals surface area contributed by atoms with Crippen LogP contribution < -0.4 is 10.6 Å². The monoisotopic (exact) mass is 252 g/mol. The van der Waals surface area contributed by atoms with E-state index in [1.807, 2.05) is 12.1 Å². The first-order valence-electron chi connectivity index (χ1n) is 6.22. The first-order valence-corrected chi connectivity index (χ1v) is 6.60. The molecular formula is C14H21ClN2. The Bertz CT molecular complexity index is 415. The molecule has 0 amide bonds. The van der Waals surface area contributed by atoms with Gasteiger partial charge in [-0.25, -0.2) is 0 Å². The molecule has 2 N–H and O–H groups in total. The van der Waals surface area contributed by atoms with Crippen molar-refractivity contribution in [2.75, 3.05) is 11.4 Å². The van der Waals surface area contributed by atoms with Gasteiger partial charge in [0.15, 0.2) is 0 Å². The lowest BCUT2D eigenvalue weighted by molar-refractivity contribution is 0.309. The SMILES string of the molecule is Cc1cc(Cl)ccc1N1CCCC(N)C1(C)C. The van der Waals surface area contributed by atoms with E-state index in [4.69, 9.17) is 17.3 Å². The molecule has 1 fully saturated rings. The highest BCUT2D eigenvalue weighted by Crippen LogP contribution is 2.34. The minimum absolute atomic E-state index is 0.0108. The summed E-state index contributed by atoms with van der Waals surface area (Å²) >= 11 is 6.01. The van der Waals surface area contributed by atoms with Crippen molar-refractivity contribution < 1.29 is 0 Å². The maximum Gasteiger partial charge on any atom is 0.0496 e. The van der Waals surface area contributed by atoms with Gasteiger partial charge in [-0.2, -0.15) is 0 Å². The fourth-order valence-electron chi connectivity index (χ4n) is 2.66. The zero-order valence-corrected chi connectivity index (χ0v) is 11.6. The van der Waals surface area contributed by atoms with Crippen LogP contribution in [0, 0.1) is 6.92 Å². The minimum Gasteiger partial charge on any atom is -0.365 e. The van der Waals surface area contributed by atoms with Gasteiger partial charge in [-0.15, -0.1) is 0 Å². The summed E-state index contributed by atoms with van der Waals surface area (Å²) < 4.78 is 0. The Labute approximate surface area is 109 Å². The van der Waals surface area contributed by atoms with Crippen LogP contribution in [0.1, 0.15) is 32.3 Å². The van der Waals surface area contributed by atoms with Crippen molar-refractivity contribution in [1.82, 2.24) is 0 Å². The number of aryl methyl sites for hydroxylation is 1. The van der Waals surface area contributed by atoms with Crippen molar-refractivity contribution in [1.29, 1.82) is 0 Å². The summed E-state index contributed by atoms with van der Waals surface area (Å²) in [5.74, 6) is 0. The summed E-state index contributed by atoms with van der Waals surface area (Å²) in [5.41, 5.74) is 8.74. The van der Waals surface area contributed by atoms with Crippen LogP contribution in [-0.2, 0) is 0 Å². The lowest BCUT2D eigenvalue weighted by atomic mass is 9.85. The minimum atomic E-state index is 0.0108. The Kier molecular flexibility index (Phi) is 3.37. The summed E-state index contributed by atoms with van der Waals surface area (Å²) in [5, 5.41) is 0.797. The van der Waals surface area contributed by atoms with Gasteiger partial charge in [-0.1, -0.05) is 11.6 Å². The lowest BCUT2D eigenvalue weighted by Gasteiger charge is -2.48. The van der Waals surface area contributed by atoms with Crippen molar-refractivity contribution in [2.45, 2.75) is 45.2 Å². The summed E-state index contributed by atoms with van der Waals surface area (Å²) in [6.45, 7) is 7.64. The number of nitrogens with two attached hydrogens (primary N) is 1. The second-order valence-corrected chi connectivity index (χ2v) is 5.92. The molecule has 0 radical (unpaired) electrons. The maximum absolute atomic E-state index is 6.25. The zero-order valence-electron chi connectivity index (χ0n) is 10.8. The van der Waals surface area contributed by atoms with Crippen molar-refractivity contribution in [2.24, 2.45) is 5.73 Å². The Hall–Kier alpha value is -0.730. The van der Waals surface area contributed by atoms with E-state index < -0.39 is 0 Å². The van der Waals surface area contributed by atoms with Crippen LogP contribution in [0.2, 0.25) is 5.02 Å². The quantitative estimate of drug-likeness (QED) is 0.831. The highest BCUT2D eigenvalue weighted by molar-refractivity contribution is 6.30. The zero-order chi connectivity index (χ0) is 12.6. The van der Waals surface area contributed by atoms with Gasteiger partial charge in [0.2, 0.25) is 0 Å². The predicted molar refractivity (Wildman–Crippen MR) is 74.8 cm³/mol. The third kappa shape index (κ3) is 2.29.